The van der Waals surface area contributed by atoms with Gasteiger partial charge in [0.25, 0.3) is 0 Å². The van der Waals surface area contributed by atoms with Gasteiger partial charge in [0.1, 0.15) is 5.82 Å². The lowest BCUT2D eigenvalue weighted by molar-refractivity contribution is -0.126. The number of aromatic nitrogens is 2. The summed E-state index contributed by atoms with van der Waals surface area (Å²) in [4.78, 5) is 19.3. The monoisotopic (exact) mass is 566 g/mol. The SMILES string of the molecule is O=C(NCCSCc1c(F)cccc1Cl)C1CCN(Cc2nc(-c3cccc(Br)c3)no2)CC1. The van der Waals surface area contributed by atoms with Crippen LogP contribution in [0.1, 0.15) is 24.3 Å². The molecule has 4 rings (SSSR count). The van der Waals surface area contributed by atoms with Crippen LogP contribution in [0.5, 0.6) is 0 Å². The van der Waals surface area contributed by atoms with Gasteiger partial charge in [0.2, 0.25) is 17.6 Å². The van der Waals surface area contributed by atoms with Crippen LogP contribution in [0.4, 0.5) is 4.39 Å². The maximum Gasteiger partial charge on any atom is 0.241 e. The molecule has 2 aromatic carbocycles. The van der Waals surface area contributed by atoms with Crippen molar-refractivity contribution in [1.29, 1.82) is 0 Å². The predicted octanol–water partition coefficient (Wildman–Crippen LogP) is 5.55. The molecule has 6 nitrogen and oxygen atoms in total. The topological polar surface area (TPSA) is 71.3 Å². The average Bonchev–Trinajstić information content (AvgIpc) is 3.29. The summed E-state index contributed by atoms with van der Waals surface area (Å²) < 4.78 is 20.2. The van der Waals surface area contributed by atoms with Crippen molar-refractivity contribution in [2.24, 2.45) is 5.92 Å². The molecule has 0 saturated carbocycles. The summed E-state index contributed by atoms with van der Waals surface area (Å²) in [6, 6.07) is 12.5. The van der Waals surface area contributed by atoms with Gasteiger partial charge in [-0.1, -0.05) is 50.9 Å². The van der Waals surface area contributed by atoms with Gasteiger partial charge in [0, 0.05) is 44.6 Å². The molecule has 3 aromatic rings. The first-order valence-electron chi connectivity index (χ1n) is 11.1. The van der Waals surface area contributed by atoms with Gasteiger partial charge in [-0.05, 0) is 50.2 Å². The Morgan fingerprint density at radius 1 is 1.26 bits per heavy atom. The number of hydrogen-bond donors (Lipinski definition) is 1. The average molecular weight is 568 g/mol. The molecule has 180 valence electrons. The fraction of sp³-hybridized carbons (Fsp3) is 0.375. The minimum Gasteiger partial charge on any atom is -0.355 e. The second kappa shape index (κ2) is 12.2. The molecule has 1 saturated heterocycles. The van der Waals surface area contributed by atoms with Crippen LogP contribution in [-0.2, 0) is 17.1 Å². The minimum absolute atomic E-state index is 0.00202. The molecule has 1 aromatic heterocycles. The van der Waals surface area contributed by atoms with Crippen LogP contribution in [-0.4, -0.2) is 46.3 Å². The van der Waals surface area contributed by atoms with E-state index >= 15 is 0 Å². The standard InChI is InChI=1S/C24H25BrClFN4O2S/c25-18-4-1-3-17(13-18)23-29-22(33-30-23)14-31-10-7-16(8-11-31)24(32)28-9-12-34-15-19-20(26)5-2-6-21(19)27/h1-6,13,16H,7-12,14-15H2,(H,28,32). The largest absolute Gasteiger partial charge is 0.355 e. The molecule has 0 bridgehead atoms. The molecule has 1 aliphatic rings. The zero-order valence-corrected chi connectivity index (χ0v) is 21.6. The van der Waals surface area contributed by atoms with Crippen LogP contribution in [0.2, 0.25) is 5.02 Å². The van der Waals surface area contributed by atoms with Crippen LogP contribution < -0.4 is 5.32 Å². The number of benzene rings is 2. The Morgan fingerprint density at radius 3 is 2.82 bits per heavy atom. The van der Waals surface area contributed by atoms with Crippen LogP contribution in [0.15, 0.2) is 51.5 Å². The van der Waals surface area contributed by atoms with Crippen molar-refractivity contribution < 1.29 is 13.7 Å². The molecule has 1 fully saturated rings. The number of halogens is 3. The molecule has 0 unspecified atom stereocenters. The maximum atomic E-state index is 13.8. The fourth-order valence-corrected chi connectivity index (χ4v) is 5.44. The third-order valence-corrected chi connectivity index (χ3v) is 7.55. The molecule has 1 amide bonds. The van der Waals surface area contributed by atoms with E-state index in [9.17, 15) is 9.18 Å². The molecule has 0 radical (unpaired) electrons. The third kappa shape index (κ3) is 6.81. The van der Waals surface area contributed by atoms with Gasteiger partial charge < -0.3 is 9.84 Å². The highest BCUT2D eigenvalue weighted by molar-refractivity contribution is 9.10. The predicted molar refractivity (Wildman–Crippen MR) is 136 cm³/mol. The number of nitrogens with zero attached hydrogens (tertiary/aromatic N) is 3. The van der Waals surface area contributed by atoms with Crippen molar-refractivity contribution in [2.45, 2.75) is 25.1 Å². The summed E-state index contributed by atoms with van der Waals surface area (Å²) in [6.45, 7) is 2.72. The Kier molecular flexibility index (Phi) is 8.99. The van der Waals surface area contributed by atoms with Crippen molar-refractivity contribution in [2.75, 3.05) is 25.4 Å². The molecule has 10 heteroatoms. The Bertz CT molecular complexity index is 1100. The fourth-order valence-electron chi connectivity index (χ4n) is 3.84. The summed E-state index contributed by atoms with van der Waals surface area (Å²) in [5.74, 6) is 2.12. The van der Waals surface area contributed by atoms with Gasteiger partial charge in [-0.3, -0.25) is 9.69 Å². The maximum absolute atomic E-state index is 13.8. The van der Waals surface area contributed by atoms with Crippen molar-refractivity contribution in [3.63, 3.8) is 0 Å². The zero-order chi connectivity index (χ0) is 23.9. The van der Waals surface area contributed by atoms with Gasteiger partial charge in [-0.2, -0.15) is 16.7 Å². The number of carbonyl (C=O) groups excluding carboxylic acids is 1. The Balaban J connectivity index is 1.15. The van der Waals surface area contributed by atoms with E-state index in [0.717, 1.165) is 36.0 Å². The molecule has 1 aliphatic heterocycles. The van der Waals surface area contributed by atoms with E-state index < -0.39 is 0 Å². The van der Waals surface area contributed by atoms with Gasteiger partial charge in [-0.15, -0.1) is 0 Å². The molecule has 1 N–H and O–H groups in total. The summed E-state index contributed by atoms with van der Waals surface area (Å²) >= 11 is 11.1. The first kappa shape index (κ1) is 25.2. The number of thioether (sulfide) groups is 1. The van der Waals surface area contributed by atoms with Crippen molar-refractivity contribution in [3.8, 4) is 11.4 Å². The number of amides is 1. The van der Waals surface area contributed by atoms with Gasteiger partial charge >= 0.3 is 0 Å². The van der Waals surface area contributed by atoms with Crippen molar-refractivity contribution >= 4 is 45.2 Å². The number of carbonyl (C=O) groups is 1. The van der Waals surface area contributed by atoms with E-state index in [1.807, 2.05) is 24.3 Å². The Labute approximate surface area is 215 Å². The number of hydrogen-bond acceptors (Lipinski definition) is 6. The molecule has 0 aliphatic carbocycles. The van der Waals surface area contributed by atoms with E-state index in [4.69, 9.17) is 16.1 Å². The lowest BCUT2D eigenvalue weighted by Crippen LogP contribution is -2.40. The van der Waals surface area contributed by atoms with E-state index in [1.165, 1.54) is 6.07 Å². The minimum atomic E-state index is -0.291. The number of nitrogens with one attached hydrogen (secondary N) is 1. The summed E-state index contributed by atoms with van der Waals surface area (Å²) in [6.07, 6.45) is 1.58. The van der Waals surface area contributed by atoms with Gasteiger partial charge in [-0.25, -0.2) is 4.39 Å². The first-order valence-corrected chi connectivity index (χ1v) is 13.4. The van der Waals surface area contributed by atoms with Gasteiger partial charge in [0.15, 0.2) is 0 Å². The van der Waals surface area contributed by atoms with Crippen LogP contribution >= 0.6 is 39.3 Å². The van der Waals surface area contributed by atoms with E-state index in [0.29, 0.717) is 46.9 Å². The van der Waals surface area contributed by atoms with Crippen LogP contribution in [0.3, 0.4) is 0 Å². The van der Waals surface area contributed by atoms with E-state index in [1.54, 1.807) is 23.9 Å². The smallest absolute Gasteiger partial charge is 0.241 e. The first-order chi connectivity index (χ1) is 16.5. The van der Waals surface area contributed by atoms with Crippen molar-refractivity contribution in [1.82, 2.24) is 20.4 Å². The number of rotatable bonds is 9. The highest BCUT2D eigenvalue weighted by atomic mass is 79.9. The number of piperidine rings is 1. The lowest BCUT2D eigenvalue weighted by Gasteiger charge is -2.30. The molecular weight excluding hydrogens is 543 g/mol. The molecular formula is C24H25BrClFN4O2S. The van der Waals surface area contributed by atoms with E-state index in [2.05, 4.69) is 36.3 Å². The van der Waals surface area contributed by atoms with Crippen molar-refractivity contribution in [3.05, 3.63) is 69.2 Å². The Morgan fingerprint density at radius 2 is 2.06 bits per heavy atom. The summed E-state index contributed by atoms with van der Waals surface area (Å²) in [7, 11) is 0. The highest BCUT2D eigenvalue weighted by Gasteiger charge is 2.25. The molecule has 2 heterocycles. The summed E-state index contributed by atoms with van der Waals surface area (Å²) in [5, 5.41) is 7.53. The zero-order valence-electron chi connectivity index (χ0n) is 18.5. The molecule has 0 atom stereocenters. The van der Waals surface area contributed by atoms with Gasteiger partial charge in [0.05, 0.1) is 6.54 Å². The Hall–Kier alpha value is -1.94. The number of likely N-dealkylation sites (tertiary alicyclic amines) is 1. The third-order valence-electron chi connectivity index (χ3n) is 5.72. The molecule has 0 spiro atoms. The molecule has 34 heavy (non-hydrogen) atoms. The normalized spacial score (nSPS) is 14.9. The second-order valence-electron chi connectivity index (χ2n) is 8.12. The van der Waals surface area contributed by atoms with Crippen LogP contribution in [0.25, 0.3) is 11.4 Å². The van der Waals surface area contributed by atoms with E-state index in [-0.39, 0.29) is 17.6 Å². The summed E-state index contributed by atoms with van der Waals surface area (Å²) in [5.41, 5.74) is 1.41. The quantitative estimate of drug-likeness (QED) is 0.342. The second-order valence-corrected chi connectivity index (χ2v) is 10.5. The van der Waals surface area contributed by atoms with Crippen LogP contribution in [0, 0.1) is 11.7 Å². The lowest BCUT2D eigenvalue weighted by atomic mass is 9.96. The highest BCUT2D eigenvalue weighted by Crippen LogP contribution is 2.24.